The summed E-state index contributed by atoms with van der Waals surface area (Å²) in [4.78, 5) is 22.7. The smallest absolute Gasteiger partial charge is 0.221 e. The van der Waals surface area contributed by atoms with Gasteiger partial charge in [-0.15, -0.1) is 0 Å². The maximum Gasteiger partial charge on any atom is 0.221 e. The molecule has 1 saturated heterocycles. The molecule has 0 aliphatic carbocycles. The third-order valence-electron chi connectivity index (χ3n) is 3.66. The number of hydrogen-bond acceptors (Lipinski definition) is 5. The fraction of sp³-hybridized carbons (Fsp3) is 0.538. The van der Waals surface area contributed by atoms with Crippen LogP contribution in [0.15, 0.2) is 6.20 Å². The normalized spacial score (nSPS) is 20.1. The fourth-order valence-corrected chi connectivity index (χ4v) is 2.55. The molecule has 0 bridgehead atoms. The lowest BCUT2D eigenvalue weighted by Gasteiger charge is -2.28. The van der Waals surface area contributed by atoms with Crippen LogP contribution >= 0.6 is 0 Å². The first-order valence-electron chi connectivity index (χ1n) is 6.76. The van der Waals surface area contributed by atoms with E-state index < -0.39 is 0 Å². The summed E-state index contributed by atoms with van der Waals surface area (Å²) >= 11 is 0. The second-order valence-electron chi connectivity index (χ2n) is 5.20. The summed E-state index contributed by atoms with van der Waals surface area (Å²) in [5.41, 5.74) is 0.822. The van der Waals surface area contributed by atoms with Crippen molar-refractivity contribution in [3.63, 3.8) is 0 Å². The van der Waals surface area contributed by atoms with E-state index in [-0.39, 0.29) is 11.9 Å². The second-order valence-corrected chi connectivity index (χ2v) is 5.20. The van der Waals surface area contributed by atoms with Gasteiger partial charge >= 0.3 is 0 Å². The van der Waals surface area contributed by atoms with Gasteiger partial charge in [-0.25, -0.2) is 9.97 Å². The van der Waals surface area contributed by atoms with E-state index in [0.717, 1.165) is 16.9 Å². The summed E-state index contributed by atoms with van der Waals surface area (Å²) in [5, 5.41) is 8.11. The van der Waals surface area contributed by atoms with E-state index in [1.807, 2.05) is 14.0 Å². The first kappa shape index (κ1) is 12.8. The zero-order valence-corrected chi connectivity index (χ0v) is 11.9. The van der Waals surface area contributed by atoms with E-state index in [0.29, 0.717) is 25.3 Å². The molecule has 1 aliphatic rings. The Kier molecular flexibility index (Phi) is 3.04. The number of carbonyl (C=O) groups excluding carboxylic acids is 1. The van der Waals surface area contributed by atoms with Crippen molar-refractivity contribution in [2.75, 3.05) is 18.0 Å². The molecule has 20 heavy (non-hydrogen) atoms. The number of fused-ring (bicyclic) bond motifs is 1. The summed E-state index contributed by atoms with van der Waals surface area (Å²) < 4.78 is 1.75. The van der Waals surface area contributed by atoms with Crippen molar-refractivity contribution in [2.45, 2.75) is 26.3 Å². The highest BCUT2D eigenvalue weighted by Crippen LogP contribution is 2.25. The van der Waals surface area contributed by atoms with E-state index in [1.165, 1.54) is 0 Å². The predicted molar refractivity (Wildman–Crippen MR) is 75.5 cm³/mol. The number of nitrogens with one attached hydrogen (secondary N) is 1. The Balaban J connectivity index is 2.10. The van der Waals surface area contributed by atoms with Gasteiger partial charge in [-0.1, -0.05) is 0 Å². The molecular weight excluding hydrogens is 256 g/mol. The molecule has 7 heteroatoms. The average Bonchev–Trinajstić information content (AvgIpc) is 2.69. The summed E-state index contributed by atoms with van der Waals surface area (Å²) in [7, 11) is 1.87. The van der Waals surface area contributed by atoms with E-state index in [4.69, 9.17) is 0 Å². The highest BCUT2D eigenvalue weighted by atomic mass is 16.1. The van der Waals surface area contributed by atoms with Crippen molar-refractivity contribution in [2.24, 2.45) is 7.05 Å². The maximum absolute atomic E-state index is 11.6. The first-order valence-corrected chi connectivity index (χ1v) is 6.76. The highest BCUT2D eigenvalue weighted by Gasteiger charge is 2.24. The zero-order chi connectivity index (χ0) is 14.3. The van der Waals surface area contributed by atoms with Gasteiger partial charge in [0.1, 0.15) is 11.6 Å². The number of aromatic nitrogens is 4. The quantitative estimate of drug-likeness (QED) is 0.814. The molecule has 0 radical (unpaired) electrons. The van der Waals surface area contributed by atoms with Crippen LogP contribution < -0.4 is 10.2 Å². The van der Waals surface area contributed by atoms with Gasteiger partial charge in [-0.3, -0.25) is 9.48 Å². The lowest BCUT2D eigenvalue weighted by molar-refractivity contribution is -0.120. The lowest BCUT2D eigenvalue weighted by atomic mass is 10.2. The van der Waals surface area contributed by atoms with Gasteiger partial charge in [-0.2, -0.15) is 5.10 Å². The molecule has 2 aromatic rings. The number of anilines is 1. The van der Waals surface area contributed by atoms with Crippen molar-refractivity contribution < 1.29 is 4.79 Å². The Morgan fingerprint density at radius 1 is 1.40 bits per heavy atom. The molecule has 0 saturated carbocycles. The molecule has 2 aromatic heterocycles. The number of hydrogen-bond donors (Lipinski definition) is 1. The standard InChI is InChI=1S/C13H18N6O/c1-8-6-14-11(20)4-5-19(8)13-10-7-15-18(3)12(10)16-9(2)17-13/h7-8H,4-6H2,1-3H3,(H,14,20)/t8-/m1/s1. The molecule has 1 aliphatic heterocycles. The molecule has 0 aromatic carbocycles. The van der Waals surface area contributed by atoms with E-state index in [2.05, 4.69) is 32.2 Å². The largest absolute Gasteiger partial charge is 0.354 e. The summed E-state index contributed by atoms with van der Waals surface area (Å²) in [6.07, 6.45) is 2.27. The molecule has 3 heterocycles. The van der Waals surface area contributed by atoms with Crippen molar-refractivity contribution in [3.8, 4) is 0 Å². The van der Waals surface area contributed by atoms with Gasteiger partial charge in [0.05, 0.1) is 11.6 Å². The van der Waals surface area contributed by atoms with Crippen LogP contribution in [0.25, 0.3) is 11.0 Å². The van der Waals surface area contributed by atoms with Crippen LogP contribution in [-0.4, -0.2) is 44.8 Å². The zero-order valence-electron chi connectivity index (χ0n) is 11.9. The van der Waals surface area contributed by atoms with Gasteiger partial charge in [0.15, 0.2) is 5.65 Å². The first-order chi connectivity index (χ1) is 9.56. The van der Waals surface area contributed by atoms with Gasteiger partial charge < -0.3 is 10.2 Å². The topological polar surface area (TPSA) is 75.9 Å². The van der Waals surface area contributed by atoms with Crippen molar-refractivity contribution >= 4 is 22.8 Å². The van der Waals surface area contributed by atoms with Crippen LogP contribution in [0.4, 0.5) is 5.82 Å². The third kappa shape index (κ3) is 2.09. The van der Waals surface area contributed by atoms with Crippen molar-refractivity contribution in [1.29, 1.82) is 0 Å². The molecule has 7 nitrogen and oxygen atoms in total. The Labute approximate surface area is 117 Å². The number of nitrogens with zero attached hydrogens (tertiary/aromatic N) is 5. The minimum atomic E-state index is 0.0903. The Hall–Kier alpha value is -2.18. The number of carbonyl (C=O) groups is 1. The maximum atomic E-state index is 11.6. The fourth-order valence-electron chi connectivity index (χ4n) is 2.55. The van der Waals surface area contributed by atoms with Gasteiger partial charge in [0.25, 0.3) is 0 Å². The van der Waals surface area contributed by atoms with Crippen LogP contribution in [0.5, 0.6) is 0 Å². The predicted octanol–water partition coefficient (Wildman–Crippen LogP) is 0.387. The summed E-state index contributed by atoms with van der Waals surface area (Å²) in [5.74, 6) is 1.67. The summed E-state index contributed by atoms with van der Waals surface area (Å²) in [6.45, 7) is 5.25. The van der Waals surface area contributed by atoms with Crippen LogP contribution in [0.1, 0.15) is 19.2 Å². The Bertz CT molecular complexity index is 664. The van der Waals surface area contributed by atoms with E-state index >= 15 is 0 Å². The molecular formula is C13H18N6O. The minimum Gasteiger partial charge on any atom is -0.354 e. The lowest BCUT2D eigenvalue weighted by Crippen LogP contribution is -2.38. The van der Waals surface area contributed by atoms with E-state index in [9.17, 15) is 4.79 Å². The number of amides is 1. The van der Waals surface area contributed by atoms with Crippen LogP contribution in [0, 0.1) is 6.92 Å². The van der Waals surface area contributed by atoms with Crippen molar-refractivity contribution in [1.82, 2.24) is 25.1 Å². The molecule has 3 rings (SSSR count). The molecule has 1 fully saturated rings. The minimum absolute atomic E-state index is 0.0903. The molecule has 1 atom stereocenters. The Morgan fingerprint density at radius 2 is 2.20 bits per heavy atom. The van der Waals surface area contributed by atoms with Crippen LogP contribution in [-0.2, 0) is 11.8 Å². The van der Waals surface area contributed by atoms with Crippen LogP contribution in [0.2, 0.25) is 0 Å². The van der Waals surface area contributed by atoms with E-state index in [1.54, 1.807) is 10.9 Å². The molecule has 106 valence electrons. The third-order valence-corrected chi connectivity index (χ3v) is 3.66. The average molecular weight is 274 g/mol. The van der Waals surface area contributed by atoms with Gasteiger partial charge in [-0.05, 0) is 13.8 Å². The molecule has 0 spiro atoms. The van der Waals surface area contributed by atoms with Crippen molar-refractivity contribution in [3.05, 3.63) is 12.0 Å². The van der Waals surface area contributed by atoms with Gasteiger partial charge in [0.2, 0.25) is 5.91 Å². The number of aryl methyl sites for hydroxylation is 2. The number of rotatable bonds is 1. The molecule has 1 N–H and O–H groups in total. The summed E-state index contributed by atoms with van der Waals surface area (Å²) in [6, 6.07) is 0.194. The second kappa shape index (κ2) is 4.73. The molecule has 0 unspecified atom stereocenters. The molecule has 1 amide bonds. The highest BCUT2D eigenvalue weighted by molar-refractivity contribution is 5.87. The SMILES string of the molecule is Cc1nc(N2CCC(=O)NC[C@H]2C)c2cnn(C)c2n1. The van der Waals surface area contributed by atoms with Gasteiger partial charge in [0, 0.05) is 32.6 Å². The monoisotopic (exact) mass is 274 g/mol. The van der Waals surface area contributed by atoms with Crippen LogP contribution in [0.3, 0.4) is 0 Å². The Morgan fingerprint density at radius 3 is 3.00 bits per heavy atom.